The Kier molecular flexibility index (Phi) is 4.94. The summed E-state index contributed by atoms with van der Waals surface area (Å²) >= 11 is 6.01. The number of anilines is 1. The second-order valence-electron chi connectivity index (χ2n) is 6.12. The number of aromatic nitrogens is 2. The first kappa shape index (κ1) is 17.3. The summed E-state index contributed by atoms with van der Waals surface area (Å²) in [7, 11) is 0. The number of urea groups is 1. The summed E-state index contributed by atoms with van der Waals surface area (Å²) in [5.74, 6) is -0.955. The lowest BCUT2D eigenvalue weighted by molar-refractivity contribution is -0.143. The first-order valence-corrected chi connectivity index (χ1v) is 8.43. The van der Waals surface area contributed by atoms with Crippen molar-refractivity contribution in [1.82, 2.24) is 14.7 Å². The Bertz CT molecular complexity index is 805. The molecule has 1 aliphatic rings. The van der Waals surface area contributed by atoms with Crippen LogP contribution in [0.4, 0.5) is 10.6 Å². The van der Waals surface area contributed by atoms with Crippen molar-refractivity contribution >= 4 is 29.4 Å². The molecule has 2 heterocycles. The summed E-state index contributed by atoms with van der Waals surface area (Å²) in [6.07, 6.45) is 1.28. The van der Waals surface area contributed by atoms with E-state index in [0.29, 0.717) is 30.2 Å². The van der Waals surface area contributed by atoms with Crippen molar-refractivity contribution in [1.29, 1.82) is 0 Å². The van der Waals surface area contributed by atoms with E-state index < -0.39 is 11.9 Å². The molecule has 1 unspecified atom stereocenters. The number of benzene rings is 1. The molecule has 25 heavy (non-hydrogen) atoms. The number of nitrogens with zero attached hydrogens (tertiary/aromatic N) is 3. The van der Waals surface area contributed by atoms with Gasteiger partial charge in [-0.15, -0.1) is 5.10 Å². The molecule has 1 atom stereocenters. The highest BCUT2D eigenvalue weighted by Crippen LogP contribution is 2.20. The van der Waals surface area contributed by atoms with Crippen molar-refractivity contribution in [3.8, 4) is 5.69 Å². The summed E-state index contributed by atoms with van der Waals surface area (Å²) in [5.41, 5.74) is 1.65. The van der Waals surface area contributed by atoms with Crippen LogP contribution in [0.3, 0.4) is 0 Å². The van der Waals surface area contributed by atoms with Gasteiger partial charge in [0.2, 0.25) is 0 Å². The van der Waals surface area contributed by atoms with Crippen molar-refractivity contribution in [2.45, 2.75) is 19.8 Å². The summed E-state index contributed by atoms with van der Waals surface area (Å²) in [6, 6.07) is 8.70. The van der Waals surface area contributed by atoms with Gasteiger partial charge in [0.25, 0.3) is 0 Å². The topological polar surface area (TPSA) is 87.5 Å². The van der Waals surface area contributed by atoms with E-state index in [2.05, 4.69) is 10.4 Å². The quantitative estimate of drug-likeness (QED) is 0.877. The minimum atomic E-state index is -0.862. The van der Waals surface area contributed by atoms with Gasteiger partial charge in [0.1, 0.15) is 0 Å². The van der Waals surface area contributed by atoms with Crippen molar-refractivity contribution in [2.75, 3.05) is 18.4 Å². The molecule has 2 aromatic rings. The van der Waals surface area contributed by atoms with Crippen LogP contribution in [0.2, 0.25) is 5.02 Å². The second kappa shape index (κ2) is 7.14. The molecule has 1 aliphatic heterocycles. The van der Waals surface area contributed by atoms with Gasteiger partial charge in [-0.1, -0.05) is 17.7 Å². The number of carboxylic acid groups (broad SMARTS) is 1. The van der Waals surface area contributed by atoms with Gasteiger partial charge in [0.05, 0.1) is 11.6 Å². The number of amides is 2. The lowest BCUT2D eigenvalue weighted by Gasteiger charge is -2.30. The summed E-state index contributed by atoms with van der Waals surface area (Å²) in [5, 5.41) is 16.9. The first-order valence-electron chi connectivity index (χ1n) is 8.05. The number of halogens is 1. The summed E-state index contributed by atoms with van der Waals surface area (Å²) in [6.45, 7) is 2.64. The molecular formula is C17H19ClN4O3. The van der Waals surface area contributed by atoms with Gasteiger partial charge in [-0.05, 0) is 38.0 Å². The third-order valence-corrected chi connectivity index (χ3v) is 4.47. The number of hydrogen-bond donors (Lipinski definition) is 2. The highest BCUT2D eigenvalue weighted by Gasteiger charge is 2.28. The van der Waals surface area contributed by atoms with Gasteiger partial charge in [-0.25, -0.2) is 9.48 Å². The zero-order chi connectivity index (χ0) is 18.0. The van der Waals surface area contributed by atoms with Gasteiger partial charge in [0.15, 0.2) is 5.82 Å². The van der Waals surface area contributed by atoms with Gasteiger partial charge in [-0.3, -0.25) is 10.1 Å². The van der Waals surface area contributed by atoms with Crippen molar-refractivity contribution in [3.63, 3.8) is 0 Å². The van der Waals surface area contributed by atoms with Crippen LogP contribution in [0, 0.1) is 12.8 Å². The Morgan fingerprint density at radius 2 is 2.16 bits per heavy atom. The third-order valence-electron chi connectivity index (χ3n) is 4.23. The molecule has 2 amide bonds. The normalized spacial score (nSPS) is 17.4. The van der Waals surface area contributed by atoms with Crippen molar-refractivity contribution < 1.29 is 14.7 Å². The molecule has 0 spiro atoms. The monoisotopic (exact) mass is 362 g/mol. The molecule has 1 aromatic carbocycles. The molecule has 0 bridgehead atoms. The zero-order valence-corrected chi connectivity index (χ0v) is 14.5. The van der Waals surface area contributed by atoms with Crippen LogP contribution >= 0.6 is 11.6 Å². The third kappa shape index (κ3) is 3.93. The maximum absolute atomic E-state index is 12.4. The minimum absolute atomic E-state index is 0.217. The molecular weight excluding hydrogens is 344 g/mol. The van der Waals surface area contributed by atoms with Crippen LogP contribution in [0.15, 0.2) is 30.3 Å². The predicted octanol–water partition coefficient (Wildman–Crippen LogP) is 3.16. The number of rotatable bonds is 3. The number of aryl methyl sites for hydroxylation is 1. The van der Waals surface area contributed by atoms with E-state index >= 15 is 0 Å². The Balaban J connectivity index is 1.72. The van der Waals surface area contributed by atoms with Crippen molar-refractivity contribution in [2.24, 2.45) is 5.92 Å². The molecule has 7 nitrogen and oxygen atoms in total. The van der Waals surface area contributed by atoms with E-state index in [4.69, 9.17) is 16.7 Å². The van der Waals surface area contributed by atoms with Crippen molar-refractivity contribution in [3.05, 3.63) is 41.0 Å². The van der Waals surface area contributed by atoms with E-state index in [0.717, 1.165) is 11.4 Å². The summed E-state index contributed by atoms with van der Waals surface area (Å²) < 4.78 is 1.69. The maximum Gasteiger partial charge on any atom is 0.323 e. The number of aliphatic carboxylic acids is 1. The van der Waals surface area contributed by atoms with Crippen LogP contribution in [0.5, 0.6) is 0 Å². The molecule has 3 rings (SSSR count). The van der Waals surface area contributed by atoms with Gasteiger partial charge in [0, 0.05) is 29.9 Å². The van der Waals surface area contributed by atoms with Gasteiger partial charge >= 0.3 is 12.0 Å². The standard InChI is InChI=1S/C17H19ClN4O3/c1-11-8-15(20-22(11)14-6-2-5-13(18)9-14)19-17(25)21-7-3-4-12(10-21)16(23)24/h2,5-6,8-9,12H,3-4,7,10H2,1H3,(H,23,24)(H,19,20,25). The lowest BCUT2D eigenvalue weighted by atomic mass is 9.99. The number of piperidine rings is 1. The van der Waals surface area contributed by atoms with E-state index in [-0.39, 0.29) is 12.6 Å². The fraction of sp³-hybridized carbons (Fsp3) is 0.353. The predicted molar refractivity (Wildman–Crippen MR) is 94.3 cm³/mol. The number of carbonyl (C=O) groups excluding carboxylic acids is 1. The molecule has 0 aliphatic carbocycles. The lowest BCUT2D eigenvalue weighted by Crippen LogP contribution is -2.44. The molecule has 8 heteroatoms. The largest absolute Gasteiger partial charge is 0.481 e. The molecule has 0 radical (unpaired) electrons. The molecule has 1 saturated heterocycles. The van der Waals surface area contributed by atoms with E-state index in [1.54, 1.807) is 22.9 Å². The average molecular weight is 363 g/mol. The molecule has 0 saturated carbocycles. The highest BCUT2D eigenvalue weighted by molar-refractivity contribution is 6.30. The molecule has 1 aromatic heterocycles. The van der Waals surface area contributed by atoms with Crippen LogP contribution < -0.4 is 5.32 Å². The number of carboxylic acids is 1. The Hall–Kier alpha value is -2.54. The fourth-order valence-electron chi connectivity index (χ4n) is 2.96. The summed E-state index contributed by atoms with van der Waals surface area (Å²) in [4.78, 5) is 25.1. The average Bonchev–Trinajstić information content (AvgIpc) is 2.95. The van der Waals surface area contributed by atoms with Gasteiger partial charge < -0.3 is 10.0 Å². The second-order valence-corrected chi connectivity index (χ2v) is 6.55. The molecule has 1 fully saturated rings. The minimum Gasteiger partial charge on any atom is -0.481 e. The first-order chi connectivity index (χ1) is 11.9. The number of hydrogen-bond acceptors (Lipinski definition) is 3. The Morgan fingerprint density at radius 3 is 2.88 bits per heavy atom. The van der Waals surface area contributed by atoms with E-state index in [9.17, 15) is 9.59 Å². The Labute approximate surface area is 150 Å². The molecule has 132 valence electrons. The fourth-order valence-corrected chi connectivity index (χ4v) is 3.14. The maximum atomic E-state index is 12.4. The SMILES string of the molecule is Cc1cc(NC(=O)N2CCCC(C(=O)O)C2)nn1-c1cccc(Cl)c1. The number of nitrogens with one attached hydrogen (secondary N) is 1. The van der Waals surface area contributed by atoms with E-state index in [1.165, 1.54) is 4.90 Å². The van der Waals surface area contributed by atoms with E-state index in [1.807, 2.05) is 19.1 Å². The smallest absolute Gasteiger partial charge is 0.323 e. The zero-order valence-electron chi connectivity index (χ0n) is 13.8. The number of carbonyl (C=O) groups is 2. The highest BCUT2D eigenvalue weighted by atomic mass is 35.5. The van der Waals surface area contributed by atoms with Gasteiger partial charge in [-0.2, -0.15) is 0 Å². The molecule has 2 N–H and O–H groups in total. The van der Waals surface area contributed by atoms with Crippen LogP contribution in [-0.4, -0.2) is 44.9 Å². The van der Waals surface area contributed by atoms with Crippen LogP contribution in [0.1, 0.15) is 18.5 Å². The van der Waals surface area contributed by atoms with Crippen LogP contribution in [-0.2, 0) is 4.79 Å². The Morgan fingerprint density at radius 1 is 1.36 bits per heavy atom. The van der Waals surface area contributed by atoms with Crippen LogP contribution in [0.25, 0.3) is 5.69 Å². The number of likely N-dealkylation sites (tertiary alicyclic amines) is 1.